The molecular formula is C22H28N4O3S. The number of pyridine rings is 1. The molecule has 2 aliphatic rings. The highest BCUT2D eigenvalue weighted by Crippen LogP contribution is 2.35. The normalized spacial score (nSPS) is 23.6. The predicted octanol–water partition coefficient (Wildman–Crippen LogP) is 2.53. The van der Waals surface area contributed by atoms with Crippen LogP contribution in [0.5, 0.6) is 0 Å². The molecule has 0 radical (unpaired) electrons. The minimum atomic E-state index is -3.37. The number of hydrogen-bond acceptors (Lipinski definition) is 4. The minimum Gasteiger partial charge on any atom is -0.334 e. The molecule has 4 rings (SSSR count). The number of rotatable bonds is 4. The largest absolute Gasteiger partial charge is 0.334 e. The van der Waals surface area contributed by atoms with Gasteiger partial charge < -0.3 is 10.2 Å². The quantitative estimate of drug-likeness (QED) is 0.811. The molecule has 0 saturated carbocycles. The van der Waals surface area contributed by atoms with Crippen LogP contribution in [0, 0.1) is 12.8 Å². The van der Waals surface area contributed by atoms with Crippen molar-refractivity contribution in [3.8, 4) is 0 Å². The molecule has 30 heavy (non-hydrogen) atoms. The molecule has 7 nitrogen and oxygen atoms in total. The third-order valence-corrected chi connectivity index (χ3v) is 8.60. The van der Waals surface area contributed by atoms with Gasteiger partial charge in [0, 0.05) is 45.1 Å². The van der Waals surface area contributed by atoms with Crippen LogP contribution in [0.4, 0.5) is 4.79 Å². The Morgan fingerprint density at radius 1 is 1.17 bits per heavy atom. The van der Waals surface area contributed by atoms with Crippen LogP contribution >= 0.6 is 0 Å². The second-order valence-corrected chi connectivity index (χ2v) is 10.3. The summed E-state index contributed by atoms with van der Waals surface area (Å²) in [6.45, 7) is 4.42. The summed E-state index contributed by atoms with van der Waals surface area (Å²) in [4.78, 5) is 18.5. The predicted molar refractivity (Wildman–Crippen MR) is 115 cm³/mol. The molecular weight excluding hydrogens is 400 g/mol. The van der Waals surface area contributed by atoms with E-state index >= 15 is 0 Å². The van der Waals surface area contributed by atoms with Crippen LogP contribution in [0.2, 0.25) is 0 Å². The number of carbonyl (C=O) groups is 1. The minimum absolute atomic E-state index is 0.0563. The lowest BCUT2D eigenvalue weighted by molar-refractivity contribution is 0.198. The zero-order valence-electron chi connectivity index (χ0n) is 17.2. The molecule has 2 saturated heterocycles. The molecule has 3 heterocycles. The molecule has 1 aromatic heterocycles. The van der Waals surface area contributed by atoms with E-state index in [-0.39, 0.29) is 11.9 Å². The van der Waals surface area contributed by atoms with Crippen molar-refractivity contribution in [2.24, 2.45) is 5.92 Å². The second kappa shape index (κ2) is 8.73. The van der Waals surface area contributed by atoms with Crippen LogP contribution in [0.15, 0.2) is 48.8 Å². The van der Waals surface area contributed by atoms with Crippen LogP contribution in [-0.2, 0) is 23.1 Å². The number of likely N-dealkylation sites (tertiary alicyclic amines) is 1. The Bertz CT molecular complexity index is 996. The Morgan fingerprint density at radius 2 is 1.97 bits per heavy atom. The van der Waals surface area contributed by atoms with Gasteiger partial charge in [0.2, 0.25) is 10.0 Å². The Labute approximate surface area is 178 Å². The fourth-order valence-electron chi connectivity index (χ4n) is 4.44. The van der Waals surface area contributed by atoms with Crippen molar-refractivity contribution in [3.05, 3.63) is 65.5 Å². The molecule has 2 aromatic rings. The lowest BCUT2D eigenvalue weighted by atomic mass is 10.0. The molecule has 0 spiro atoms. The molecule has 1 aromatic carbocycles. The molecule has 160 valence electrons. The zero-order chi connectivity index (χ0) is 21.1. The summed E-state index contributed by atoms with van der Waals surface area (Å²) in [6.07, 6.45) is 4.58. The van der Waals surface area contributed by atoms with Crippen LogP contribution < -0.4 is 5.32 Å². The van der Waals surface area contributed by atoms with Crippen LogP contribution in [0.25, 0.3) is 0 Å². The third-order valence-electron chi connectivity index (χ3n) is 6.22. The smallest absolute Gasteiger partial charge is 0.317 e. The Balaban J connectivity index is 1.36. The van der Waals surface area contributed by atoms with Crippen molar-refractivity contribution in [2.75, 3.05) is 19.6 Å². The number of carbonyl (C=O) groups excluding carboxylic acids is 1. The number of nitrogens with zero attached hydrogens (tertiary/aromatic N) is 3. The molecule has 0 aliphatic carbocycles. The molecule has 0 unspecified atom stereocenters. The van der Waals surface area contributed by atoms with Gasteiger partial charge in [-0.2, -0.15) is 4.31 Å². The topological polar surface area (TPSA) is 82.6 Å². The van der Waals surface area contributed by atoms with Gasteiger partial charge in [0.1, 0.15) is 0 Å². The number of amides is 2. The molecule has 2 fully saturated rings. The number of aryl methyl sites for hydroxylation is 1. The number of sulfonamides is 1. The Morgan fingerprint density at radius 3 is 2.73 bits per heavy atom. The highest BCUT2D eigenvalue weighted by molar-refractivity contribution is 7.90. The maximum Gasteiger partial charge on any atom is 0.317 e. The van der Waals surface area contributed by atoms with E-state index in [0.717, 1.165) is 16.7 Å². The fourth-order valence-corrected chi connectivity index (χ4v) is 6.66. The summed E-state index contributed by atoms with van der Waals surface area (Å²) in [7, 11) is -3.37. The van der Waals surface area contributed by atoms with Gasteiger partial charge in [-0.05, 0) is 48.4 Å². The standard InChI is InChI=1S/C22H28N4O3S/c1-17-5-2-3-7-19(17)14-24-22(27)25-11-8-20-16-26(15-18-6-4-10-23-13-18)30(28,29)21(20)9-12-25/h2-7,10,13,20-21H,8-9,11-12,14-16H2,1H3,(H,24,27)/t20-,21-/m1/s1. The second-order valence-electron chi connectivity index (χ2n) is 8.15. The van der Waals surface area contributed by atoms with Gasteiger partial charge in [0.15, 0.2) is 0 Å². The summed E-state index contributed by atoms with van der Waals surface area (Å²) < 4.78 is 27.8. The van der Waals surface area contributed by atoms with E-state index < -0.39 is 15.3 Å². The van der Waals surface area contributed by atoms with Gasteiger partial charge in [-0.15, -0.1) is 0 Å². The van der Waals surface area contributed by atoms with E-state index in [2.05, 4.69) is 10.3 Å². The van der Waals surface area contributed by atoms with Gasteiger partial charge >= 0.3 is 6.03 Å². The number of fused-ring (bicyclic) bond motifs is 1. The summed E-state index contributed by atoms with van der Waals surface area (Å²) >= 11 is 0. The first-order valence-electron chi connectivity index (χ1n) is 10.4. The average Bonchev–Trinajstić information content (AvgIpc) is 2.88. The SMILES string of the molecule is Cc1ccccc1CNC(=O)N1CC[C@@H]2CN(Cc3cccnc3)S(=O)(=O)[C@@H]2CC1. The number of urea groups is 1. The van der Waals surface area contributed by atoms with Crippen molar-refractivity contribution in [2.45, 2.75) is 38.1 Å². The van der Waals surface area contributed by atoms with E-state index in [1.807, 2.05) is 43.3 Å². The van der Waals surface area contributed by atoms with Gasteiger partial charge in [0.25, 0.3) is 0 Å². The van der Waals surface area contributed by atoms with Gasteiger partial charge in [-0.25, -0.2) is 13.2 Å². The Hall–Kier alpha value is -2.45. The highest BCUT2D eigenvalue weighted by Gasteiger charge is 2.47. The third kappa shape index (κ3) is 4.34. The van der Waals surface area contributed by atoms with E-state index in [9.17, 15) is 13.2 Å². The lowest BCUT2D eigenvalue weighted by Gasteiger charge is -2.23. The number of benzene rings is 1. The average molecular weight is 429 g/mol. The fraction of sp³-hybridized carbons (Fsp3) is 0.455. The van der Waals surface area contributed by atoms with E-state index in [1.165, 1.54) is 0 Å². The van der Waals surface area contributed by atoms with Crippen molar-refractivity contribution in [3.63, 3.8) is 0 Å². The van der Waals surface area contributed by atoms with E-state index in [1.54, 1.807) is 21.6 Å². The van der Waals surface area contributed by atoms with Crippen molar-refractivity contribution in [1.82, 2.24) is 19.5 Å². The van der Waals surface area contributed by atoms with Crippen molar-refractivity contribution in [1.29, 1.82) is 0 Å². The van der Waals surface area contributed by atoms with Crippen LogP contribution in [0.1, 0.15) is 29.5 Å². The lowest BCUT2D eigenvalue weighted by Crippen LogP contribution is -2.41. The monoisotopic (exact) mass is 428 g/mol. The molecule has 2 aliphatic heterocycles. The number of nitrogens with one attached hydrogen (secondary N) is 1. The molecule has 0 bridgehead atoms. The molecule has 8 heteroatoms. The van der Waals surface area contributed by atoms with Crippen molar-refractivity contribution >= 4 is 16.1 Å². The first kappa shape index (κ1) is 20.8. The first-order chi connectivity index (χ1) is 14.4. The maximum absolute atomic E-state index is 13.1. The van der Waals surface area contributed by atoms with Gasteiger partial charge in [0.05, 0.1) is 5.25 Å². The van der Waals surface area contributed by atoms with E-state index in [0.29, 0.717) is 45.6 Å². The van der Waals surface area contributed by atoms with Crippen LogP contribution in [0.3, 0.4) is 0 Å². The zero-order valence-corrected chi connectivity index (χ0v) is 18.0. The summed E-state index contributed by atoms with van der Waals surface area (Å²) in [5.41, 5.74) is 3.13. The summed E-state index contributed by atoms with van der Waals surface area (Å²) in [5.74, 6) is 0.0563. The first-order valence-corrected chi connectivity index (χ1v) is 11.9. The Kier molecular flexibility index (Phi) is 6.06. The molecule has 2 atom stereocenters. The van der Waals surface area contributed by atoms with Crippen molar-refractivity contribution < 1.29 is 13.2 Å². The number of hydrogen-bond donors (Lipinski definition) is 1. The highest BCUT2D eigenvalue weighted by atomic mass is 32.2. The molecule has 2 amide bonds. The van der Waals surface area contributed by atoms with Crippen LogP contribution in [-0.4, -0.2) is 53.5 Å². The number of aromatic nitrogens is 1. The molecule has 1 N–H and O–H groups in total. The summed E-state index contributed by atoms with van der Waals surface area (Å²) in [6, 6.07) is 11.6. The summed E-state index contributed by atoms with van der Waals surface area (Å²) in [5, 5.41) is 2.57. The van der Waals surface area contributed by atoms with E-state index in [4.69, 9.17) is 0 Å². The maximum atomic E-state index is 13.1. The van der Waals surface area contributed by atoms with Gasteiger partial charge in [-0.3, -0.25) is 4.98 Å². The van der Waals surface area contributed by atoms with Gasteiger partial charge in [-0.1, -0.05) is 30.3 Å².